The van der Waals surface area contributed by atoms with E-state index in [1.54, 1.807) is 0 Å². The summed E-state index contributed by atoms with van der Waals surface area (Å²) in [6.07, 6.45) is 1.85. The topological polar surface area (TPSA) is 53.6 Å². The average Bonchev–Trinajstić information content (AvgIpc) is 3.02. The van der Waals surface area contributed by atoms with E-state index < -0.39 is 0 Å². The SMILES string of the molecule is Cc1cnc2nc(-c3ccc4c(c3)CNC4)[nH]c2c1. The second kappa shape index (κ2) is 3.90. The van der Waals surface area contributed by atoms with Gasteiger partial charge in [0.05, 0.1) is 5.52 Å². The molecule has 2 N–H and O–H groups in total. The lowest BCUT2D eigenvalue weighted by molar-refractivity contribution is 0.765. The summed E-state index contributed by atoms with van der Waals surface area (Å²) >= 11 is 0. The van der Waals surface area contributed by atoms with E-state index in [0.29, 0.717) is 0 Å². The molecule has 3 heterocycles. The Labute approximate surface area is 110 Å². The maximum atomic E-state index is 4.56. The number of aromatic nitrogens is 3. The lowest BCUT2D eigenvalue weighted by Crippen LogP contribution is -1.99. The molecule has 2 aromatic heterocycles. The van der Waals surface area contributed by atoms with E-state index in [-0.39, 0.29) is 0 Å². The molecular formula is C15H14N4. The van der Waals surface area contributed by atoms with Crippen LogP contribution in [0.4, 0.5) is 0 Å². The third kappa shape index (κ3) is 1.72. The number of pyridine rings is 1. The number of benzene rings is 1. The Bertz CT molecular complexity index is 773. The number of hydrogen-bond donors (Lipinski definition) is 2. The van der Waals surface area contributed by atoms with Gasteiger partial charge in [0.25, 0.3) is 0 Å². The minimum atomic E-state index is 0.777. The van der Waals surface area contributed by atoms with Gasteiger partial charge in [0.1, 0.15) is 5.82 Å². The second-order valence-corrected chi connectivity index (χ2v) is 5.06. The molecule has 0 saturated heterocycles. The monoisotopic (exact) mass is 250 g/mol. The summed E-state index contributed by atoms with van der Waals surface area (Å²) in [6.45, 7) is 3.95. The molecule has 1 aliphatic heterocycles. The molecule has 0 atom stereocenters. The van der Waals surface area contributed by atoms with Crippen LogP contribution in [0.2, 0.25) is 0 Å². The summed E-state index contributed by atoms with van der Waals surface area (Å²) in [7, 11) is 0. The van der Waals surface area contributed by atoms with E-state index in [4.69, 9.17) is 0 Å². The Kier molecular flexibility index (Phi) is 2.19. The van der Waals surface area contributed by atoms with Crippen molar-refractivity contribution < 1.29 is 0 Å². The van der Waals surface area contributed by atoms with Crippen LogP contribution in [0.15, 0.2) is 30.5 Å². The maximum Gasteiger partial charge on any atom is 0.178 e. The van der Waals surface area contributed by atoms with E-state index in [1.165, 1.54) is 11.1 Å². The van der Waals surface area contributed by atoms with E-state index in [2.05, 4.69) is 44.5 Å². The highest BCUT2D eigenvalue weighted by atomic mass is 15.0. The first-order valence-electron chi connectivity index (χ1n) is 6.45. The summed E-state index contributed by atoms with van der Waals surface area (Å²) in [5.41, 5.74) is 6.78. The van der Waals surface area contributed by atoms with Crippen molar-refractivity contribution in [2.45, 2.75) is 20.0 Å². The average molecular weight is 250 g/mol. The minimum absolute atomic E-state index is 0.777. The largest absolute Gasteiger partial charge is 0.337 e. The van der Waals surface area contributed by atoms with Crippen molar-refractivity contribution in [3.05, 3.63) is 47.2 Å². The van der Waals surface area contributed by atoms with Crippen molar-refractivity contribution in [1.29, 1.82) is 0 Å². The number of hydrogen-bond acceptors (Lipinski definition) is 3. The van der Waals surface area contributed by atoms with Crippen molar-refractivity contribution in [2.75, 3.05) is 0 Å². The van der Waals surface area contributed by atoms with E-state index >= 15 is 0 Å². The van der Waals surface area contributed by atoms with Crippen LogP contribution in [0, 0.1) is 6.92 Å². The highest BCUT2D eigenvalue weighted by Gasteiger charge is 2.12. The van der Waals surface area contributed by atoms with Crippen molar-refractivity contribution >= 4 is 11.2 Å². The molecule has 0 unspecified atom stereocenters. The third-order valence-electron chi connectivity index (χ3n) is 3.58. The third-order valence-corrected chi connectivity index (χ3v) is 3.58. The zero-order chi connectivity index (χ0) is 12.8. The number of imidazole rings is 1. The Morgan fingerprint density at radius 2 is 2.00 bits per heavy atom. The summed E-state index contributed by atoms with van der Waals surface area (Å²) in [5, 5.41) is 3.36. The summed E-state index contributed by atoms with van der Waals surface area (Å²) < 4.78 is 0. The fourth-order valence-electron chi connectivity index (χ4n) is 2.58. The van der Waals surface area contributed by atoms with Gasteiger partial charge in [-0.3, -0.25) is 0 Å². The molecule has 4 nitrogen and oxygen atoms in total. The number of aryl methyl sites for hydroxylation is 1. The lowest BCUT2D eigenvalue weighted by atomic mass is 10.1. The van der Waals surface area contributed by atoms with Gasteiger partial charge < -0.3 is 10.3 Å². The Morgan fingerprint density at radius 1 is 1.11 bits per heavy atom. The molecular weight excluding hydrogens is 236 g/mol. The van der Waals surface area contributed by atoms with Gasteiger partial charge in [0.15, 0.2) is 5.65 Å². The number of fused-ring (bicyclic) bond motifs is 2. The molecule has 3 aromatic rings. The van der Waals surface area contributed by atoms with Gasteiger partial charge in [-0.05, 0) is 35.7 Å². The van der Waals surface area contributed by atoms with Crippen LogP contribution >= 0.6 is 0 Å². The molecule has 4 heteroatoms. The number of aromatic amines is 1. The molecule has 0 bridgehead atoms. The minimum Gasteiger partial charge on any atom is -0.337 e. The van der Waals surface area contributed by atoms with Crippen LogP contribution in [0.1, 0.15) is 16.7 Å². The molecule has 19 heavy (non-hydrogen) atoms. The van der Waals surface area contributed by atoms with Gasteiger partial charge >= 0.3 is 0 Å². The second-order valence-electron chi connectivity index (χ2n) is 5.06. The highest BCUT2D eigenvalue weighted by Crippen LogP contribution is 2.24. The number of rotatable bonds is 1. The standard InChI is InChI=1S/C15H14N4/c1-9-4-13-15(17-6-9)19-14(18-13)10-2-3-11-7-16-8-12(11)5-10/h2-6,16H,7-8H2,1H3,(H,17,18,19). The zero-order valence-electron chi connectivity index (χ0n) is 10.7. The van der Waals surface area contributed by atoms with Gasteiger partial charge in [-0.2, -0.15) is 0 Å². The van der Waals surface area contributed by atoms with Crippen LogP contribution < -0.4 is 5.32 Å². The number of nitrogens with zero attached hydrogens (tertiary/aromatic N) is 2. The smallest absolute Gasteiger partial charge is 0.178 e. The van der Waals surface area contributed by atoms with Gasteiger partial charge in [-0.25, -0.2) is 9.97 Å². The summed E-state index contributed by atoms with van der Waals surface area (Å²) in [5.74, 6) is 0.891. The first-order chi connectivity index (χ1) is 9.29. The Hall–Kier alpha value is -2.20. The van der Waals surface area contributed by atoms with Crippen LogP contribution in [-0.2, 0) is 13.1 Å². The number of nitrogens with one attached hydrogen (secondary N) is 2. The highest BCUT2D eigenvalue weighted by molar-refractivity contribution is 5.76. The van der Waals surface area contributed by atoms with Gasteiger partial charge in [0.2, 0.25) is 0 Å². The number of H-pyrrole nitrogens is 1. The fraction of sp³-hybridized carbons (Fsp3) is 0.200. The Morgan fingerprint density at radius 3 is 2.95 bits per heavy atom. The first-order valence-corrected chi connectivity index (χ1v) is 6.45. The molecule has 0 radical (unpaired) electrons. The van der Waals surface area contributed by atoms with E-state index in [1.807, 2.05) is 13.1 Å². The van der Waals surface area contributed by atoms with Crippen LogP contribution in [-0.4, -0.2) is 15.0 Å². The normalized spacial score (nSPS) is 13.9. The van der Waals surface area contributed by atoms with E-state index in [9.17, 15) is 0 Å². The van der Waals surface area contributed by atoms with Gasteiger partial charge in [0, 0.05) is 24.8 Å². The van der Waals surface area contributed by atoms with Crippen molar-refractivity contribution in [1.82, 2.24) is 20.3 Å². The first kappa shape index (κ1) is 10.7. The van der Waals surface area contributed by atoms with Gasteiger partial charge in [-0.1, -0.05) is 12.1 Å². The predicted octanol–water partition coefficient (Wildman–Crippen LogP) is 2.54. The van der Waals surface area contributed by atoms with Crippen molar-refractivity contribution in [2.24, 2.45) is 0 Å². The fourth-order valence-corrected chi connectivity index (χ4v) is 2.58. The molecule has 94 valence electrons. The van der Waals surface area contributed by atoms with Crippen LogP contribution in [0.3, 0.4) is 0 Å². The molecule has 1 aromatic carbocycles. The Balaban J connectivity index is 1.85. The molecule has 0 amide bonds. The molecule has 0 spiro atoms. The molecule has 0 aliphatic carbocycles. The van der Waals surface area contributed by atoms with E-state index in [0.717, 1.165) is 41.2 Å². The van der Waals surface area contributed by atoms with Crippen LogP contribution in [0.25, 0.3) is 22.6 Å². The molecule has 4 rings (SSSR count). The molecule has 0 fully saturated rings. The summed E-state index contributed by atoms with van der Waals surface area (Å²) in [6, 6.07) is 8.58. The maximum absolute atomic E-state index is 4.56. The summed E-state index contributed by atoms with van der Waals surface area (Å²) in [4.78, 5) is 12.3. The van der Waals surface area contributed by atoms with Crippen molar-refractivity contribution in [3.63, 3.8) is 0 Å². The van der Waals surface area contributed by atoms with Crippen molar-refractivity contribution in [3.8, 4) is 11.4 Å². The molecule has 1 aliphatic rings. The lowest BCUT2D eigenvalue weighted by Gasteiger charge is -2.00. The quantitative estimate of drug-likeness (QED) is 0.698. The predicted molar refractivity (Wildman–Crippen MR) is 74.6 cm³/mol. The van der Waals surface area contributed by atoms with Crippen LogP contribution in [0.5, 0.6) is 0 Å². The molecule has 0 saturated carbocycles. The van der Waals surface area contributed by atoms with Gasteiger partial charge in [-0.15, -0.1) is 0 Å². The zero-order valence-corrected chi connectivity index (χ0v) is 10.7.